The molecule has 1 aliphatic heterocycles. The van der Waals surface area contributed by atoms with Crippen molar-refractivity contribution in [2.75, 3.05) is 24.5 Å². The lowest BCUT2D eigenvalue weighted by atomic mass is 10.1. The van der Waals surface area contributed by atoms with E-state index in [1.165, 1.54) is 0 Å². The predicted molar refractivity (Wildman–Crippen MR) is 129 cm³/mol. The predicted octanol–water partition coefficient (Wildman–Crippen LogP) is 3.51. The third kappa shape index (κ3) is 7.30. The zero-order valence-electron chi connectivity index (χ0n) is 16.9. The lowest BCUT2D eigenvalue weighted by Crippen LogP contribution is -2.38. The maximum atomic E-state index is 12.1. The van der Waals surface area contributed by atoms with Crippen molar-refractivity contribution in [2.24, 2.45) is 4.99 Å². The second kappa shape index (κ2) is 12.4. The molecule has 1 aromatic heterocycles. The number of hydrogen-bond donors (Lipinski definition) is 2. The molecule has 2 heterocycles. The lowest BCUT2D eigenvalue weighted by Gasteiger charge is -2.26. The van der Waals surface area contributed by atoms with Crippen LogP contribution in [-0.4, -0.2) is 36.5 Å². The molecule has 3 rings (SSSR count). The topological polar surface area (TPSA) is 69.6 Å². The molecule has 1 fully saturated rings. The number of benzene rings is 1. The van der Waals surface area contributed by atoms with E-state index in [0.29, 0.717) is 13.0 Å². The molecule has 1 saturated heterocycles. The smallest absolute Gasteiger partial charge is 0.226 e. The highest BCUT2D eigenvalue weighted by Crippen LogP contribution is 2.21. The monoisotopic (exact) mass is 507 g/mol. The Morgan fingerprint density at radius 1 is 1.14 bits per heavy atom. The van der Waals surface area contributed by atoms with Crippen molar-refractivity contribution in [1.29, 1.82) is 0 Å². The summed E-state index contributed by atoms with van der Waals surface area (Å²) in [4.78, 5) is 22.9. The van der Waals surface area contributed by atoms with Gasteiger partial charge in [0.15, 0.2) is 5.96 Å². The fourth-order valence-corrected chi connectivity index (χ4v) is 3.23. The Kier molecular flexibility index (Phi) is 9.90. The van der Waals surface area contributed by atoms with Gasteiger partial charge in [0.1, 0.15) is 0 Å². The number of aromatic nitrogens is 1. The van der Waals surface area contributed by atoms with Crippen LogP contribution < -0.4 is 15.5 Å². The highest BCUT2D eigenvalue weighted by Gasteiger charge is 2.19. The van der Waals surface area contributed by atoms with Crippen LogP contribution in [0.25, 0.3) is 0 Å². The Morgan fingerprint density at radius 2 is 1.97 bits per heavy atom. The van der Waals surface area contributed by atoms with E-state index in [-0.39, 0.29) is 29.9 Å². The second-order valence-electron chi connectivity index (χ2n) is 6.86. The highest BCUT2D eigenvalue weighted by atomic mass is 127. The van der Waals surface area contributed by atoms with Crippen molar-refractivity contribution in [1.82, 2.24) is 15.6 Å². The summed E-state index contributed by atoms with van der Waals surface area (Å²) >= 11 is 0. The standard InChI is InChI=1S/C22H29N5O.HI/c1-2-23-22(25-15-13-19-7-3-5-14-24-19)26-17-18-9-11-20(12-10-18)27-16-6-4-8-21(27)28;/h3,5,7,9-12,14H,2,4,6,8,13,15-17H2,1H3,(H2,23,25,26);1H. The minimum Gasteiger partial charge on any atom is -0.357 e. The summed E-state index contributed by atoms with van der Waals surface area (Å²) in [7, 11) is 0. The van der Waals surface area contributed by atoms with Gasteiger partial charge >= 0.3 is 0 Å². The quantitative estimate of drug-likeness (QED) is 0.342. The fourth-order valence-electron chi connectivity index (χ4n) is 3.23. The Balaban J connectivity index is 0.00000300. The molecule has 1 amide bonds. The fraction of sp³-hybridized carbons (Fsp3) is 0.409. The van der Waals surface area contributed by atoms with Crippen LogP contribution in [0.5, 0.6) is 0 Å². The summed E-state index contributed by atoms with van der Waals surface area (Å²) in [6.07, 6.45) is 5.40. The lowest BCUT2D eigenvalue weighted by molar-refractivity contribution is -0.119. The molecule has 0 radical (unpaired) electrons. The largest absolute Gasteiger partial charge is 0.357 e. The first-order valence-corrected chi connectivity index (χ1v) is 10.1. The molecular formula is C22H30IN5O. The van der Waals surface area contributed by atoms with Crippen molar-refractivity contribution in [3.63, 3.8) is 0 Å². The summed E-state index contributed by atoms with van der Waals surface area (Å²) in [6, 6.07) is 14.1. The van der Waals surface area contributed by atoms with Gasteiger partial charge in [0.05, 0.1) is 6.54 Å². The van der Waals surface area contributed by atoms with Crippen LogP contribution in [0.3, 0.4) is 0 Å². The van der Waals surface area contributed by atoms with Crippen LogP contribution in [0.15, 0.2) is 53.7 Å². The van der Waals surface area contributed by atoms with Crippen molar-refractivity contribution in [3.8, 4) is 0 Å². The van der Waals surface area contributed by atoms with Gasteiger partial charge in [0, 0.05) is 50.1 Å². The first kappa shape index (κ1) is 23.1. The molecule has 2 aromatic rings. The van der Waals surface area contributed by atoms with Crippen molar-refractivity contribution in [3.05, 3.63) is 59.9 Å². The molecule has 156 valence electrons. The van der Waals surface area contributed by atoms with Crippen molar-refractivity contribution in [2.45, 2.75) is 39.2 Å². The van der Waals surface area contributed by atoms with Gasteiger partial charge in [0.2, 0.25) is 5.91 Å². The third-order valence-corrected chi connectivity index (χ3v) is 4.74. The van der Waals surface area contributed by atoms with Crippen LogP contribution in [-0.2, 0) is 17.8 Å². The maximum absolute atomic E-state index is 12.1. The number of pyridine rings is 1. The Bertz CT molecular complexity index is 780. The molecule has 1 aliphatic rings. The van der Waals surface area contributed by atoms with Crippen LogP contribution in [0, 0.1) is 0 Å². The number of aliphatic imine (C=N–C) groups is 1. The molecule has 0 saturated carbocycles. The molecule has 29 heavy (non-hydrogen) atoms. The molecule has 0 unspecified atom stereocenters. The van der Waals surface area contributed by atoms with E-state index in [9.17, 15) is 4.79 Å². The molecule has 7 heteroatoms. The summed E-state index contributed by atoms with van der Waals surface area (Å²) in [6.45, 7) is 5.05. The zero-order chi connectivity index (χ0) is 19.6. The molecule has 0 atom stereocenters. The Labute approximate surface area is 190 Å². The number of hydrogen-bond acceptors (Lipinski definition) is 3. The highest BCUT2D eigenvalue weighted by molar-refractivity contribution is 14.0. The van der Waals surface area contributed by atoms with Crippen molar-refractivity contribution >= 4 is 41.5 Å². The van der Waals surface area contributed by atoms with Gasteiger partial charge in [-0.3, -0.25) is 9.78 Å². The minimum absolute atomic E-state index is 0. The Hall–Kier alpha value is -2.16. The van der Waals surface area contributed by atoms with E-state index >= 15 is 0 Å². The van der Waals surface area contributed by atoms with E-state index < -0.39 is 0 Å². The summed E-state index contributed by atoms with van der Waals surface area (Å²) in [5.41, 5.74) is 3.17. The second-order valence-corrected chi connectivity index (χ2v) is 6.86. The van der Waals surface area contributed by atoms with Gasteiger partial charge in [-0.05, 0) is 49.6 Å². The average Bonchev–Trinajstić information content (AvgIpc) is 2.74. The number of carbonyl (C=O) groups excluding carboxylic acids is 1. The van der Waals surface area contributed by atoms with E-state index in [4.69, 9.17) is 0 Å². The maximum Gasteiger partial charge on any atom is 0.226 e. The zero-order valence-corrected chi connectivity index (χ0v) is 19.3. The van der Waals surface area contributed by atoms with Gasteiger partial charge in [-0.15, -0.1) is 24.0 Å². The van der Waals surface area contributed by atoms with Crippen LogP contribution >= 0.6 is 24.0 Å². The molecule has 6 nitrogen and oxygen atoms in total. The van der Waals surface area contributed by atoms with Crippen LogP contribution in [0.4, 0.5) is 5.69 Å². The molecule has 0 spiro atoms. The SMILES string of the molecule is CCNC(=NCc1ccc(N2CCCCC2=O)cc1)NCCc1ccccn1.I. The molecule has 1 aromatic carbocycles. The van der Waals surface area contributed by atoms with Gasteiger partial charge in [-0.1, -0.05) is 18.2 Å². The first-order valence-electron chi connectivity index (χ1n) is 10.1. The molecule has 0 bridgehead atoms. The molecule has 0 aliphatic carbocycles. The van der Waals surface area contributed by atoms with E-state index in [0.717, 1.165) is 61.8 Å². The average molecular weight is 507 g/mol. The van der Waals surface area contributed by atoms with Gasteiger partial charge < -0.3 is 15.5 Å². The van der Waals surface area contributed by atoms with Gasteiger partial charge in [0.25, 0.3) is 0 Å². The summed E-state index contributed by atoms with van der Waals surface area (Å²) < 4.78 is 0. The third-order valence-electron chi connectivity index (χ3n) is 4.74. The number of amides is 1. The van der Waals surface area contributed by atoms with E-state index in [1.807, 2.05) is 41.4 Å². The Morgan fingerprint density at radius 3 is 2.66 bits per heavy atom. The number of rotatable bonds is 7. The number of piperidine rings is 1. The normalized spacial score (nSPS) is 14.3. The van der Waals surface area contributed by atoms with Crippen LogP contribution in [0.2, 0.25) is 0 Å². The van der Waals surface area contributed by atoms with Gasteiger partial charge in [-0.25, -0.2) is 4.99 Å². The number of nitrogens with one attached hydrogen (secondary N) is 2. The summed E-state index contributed by atoms with van der Waals surface area (Å²) in [5, 5.41) is 6.63. The number of carbonyl (C=O) groups is 1. The number of guanidine groups is 1. The van der Waals surface area contributed by atoms with Crippen LogP contribution in [0.1, 0.15) is 37.4 Å². The van der Waals surface area contributed by atoms with E-state index in [2.05, 4.69) is 39.7 Å². The first-order chi connectivity index (χ1) is 13.8. The number of nitrogens with zero attached hydrogens (tertiary/aromatic N) is 3. The van der Waals surface area contributed by atoms with E-state index in [1.54, 1.807) is 0 Å². The van der Waals surface area contributed by atoms with Crippen molar-refractivity contribution < 1.29 is 4.79 Å². The number of halogens is 1. The number of anilines is 1. The van der Waals surface area contributed by atoms with Gasteiger partial charge in [-0.2, -0.15) is 0 Å². The molecular weight excluding hydrogens is 477 g/mol. The molecule has 2 N–H and O–H groups in total. The minimum atomic E-state index is 0. The summed E-state index contributed by atoms with van der Waals surface area (Å²) in [5.74, 6) is 1.03.